The SMILES string of the molecule is CC(=O)c1c(C)[nH]c(C(=O)CSc2nnc([C@H](C)Oc3ccccc3F)o2)c1C. The number of halogens is 1. The van der Waals surface area contributed by atoms with E-state index >= 15 is 0 Å². The molecular weight excluding hydrogens is 397 g/mol. The van der Waals surface area contributed by atoms with Crippen molar-refractivity contribution in [1.29, 1.82) is 0 Å². The zero-order valence-electron chi connectivity index (χ0n) is 16.4. The van der Waals surface area contributed by atoms with Crippen molar-refractivity contribution in [1.82, 2.24) is 15.2 Å². The molecule has 9 heteroatoms. The van der Waals surface area contributed by atoms with Crippen molar-refractivity contribution in [3.63, 3.8) is 0 Å². The van der Waals surface area contributed by atoms with Gasteiger partial charge in [-0.3, -0.25) is 9.59 Å². The number of ether oxygens (including phenoxy) is 1. The lowest BCUT2D eigenvalue weighted by molar-refractivity contribution is 0.101. The molecule has 1 N–H and O–H groups in total. The van der Waals surface area contributed by atoms with Crippen molar-refractivity contribution in [3.05, 3.63) is 58.5 Å². The molecule has 0 spiro atoms. The Morgan fingerprint density at radius 3 is 2.66 bits per heavy atom. The minimum absolute atomic E-state index is 0.0579. The Morgan fingerprint density at radius 2 is 2.00 bits per heavy atom. The van der Waals surface area contributed by atoms with Crippen LogP contribution >= 0.6 is 11.8 Å². The van der Waals surface area contributed by atoms with Crippen LogP contribution in [-0.4, -0.2) is 32.5 Å². The van der Waals surface area contributed by atoms with E-state index in [1.54, 1.807) is 32.9 Å². The largest absolute Gasteiger partial charge is 0.478 e. The summed E-state index contributed by atoms with van der Waals surface area (Å²) in [6.45, 7) is 6.63. The number of H-pyrrole nitrogens is 1. The highest BCUT2D eigenvalue weighted by molar-refractivity contribution is 7.99. The maximum Gasteiger partial charge on any atom is 0.277 e. The lowest BCUT2D eigenvalue weighted by Gasteiger charge is -2.11. The van der Waals surface area contributed by atoms with Gasteiger partial charge in [0, 0.05) is 11.3 Å². The van der Waals surface area contributed by atoms with E-state index in [2.05, 4.69) is 15.2 Å². The lowest BCUT2D eigenvalue weighted by atomic mass is 10.1. The van der Waals surface area contributed by atoms with Crippen LogP contribution < -0.4 is 4.74 Å². The average molecular weight is 417 g/mol. The third-order valence-electron chi connectivity index (χ3n) is 4.31. The summed E-state index contributed by atoms with van der Waals surface area (Å²) < 4.78 is 24.7. The van der Waals surface area contributed by atoms with Crippen molar-refractivity contribution in [2.24, 2.45) is 0 Å². The predicted octanol–water partition coefficient (Wildman–Crippen LogP) is 4.47. The van der Waals surface area contributed by atoms with Gasteiger partial charge in [-0.2, -0.15) is 0 Å². The molecule has 3 aromatic rings. The number of carbonyl (C=O) groups excluding carboxylic acids is 2. The summed E-state index contributed by atoms with van der Waals surface area (Å²) in [4.78, 5) is 27.2. The fraction of sp³-hybridized carbons (Fsp3) is 0.300. The number of ketones is 2. The zero-order chi connectivity index (χ0) is 21.1. The van der Waals surface area contributed by atoms with Crippen LogP contribution in [-0.2, 0) is 0 Å². The molecule has 2 heterocycles. The highest BCUT2D eigenvalue weighted by Gasteiger charge is 2.22. The molecule has 1 atom stereocenters. The summed E-state index contributed by atoms with van der Waals surface area (Å²) in [6, 6.07) is 6.03. The number of para-hydroxylation sites is 1. The number of carbonyl (C=O) groups is 2. The fourth-order valence-electron chi connectivity index (χ4n) is 2.98. The molecule has 2 aromatic heterocycles. The highest BCUT2D eigenvalue weighted by Crippen LogP contribution is 2.26. The molecule has 0 saturated carbocycles. The van der Waals surface area contributed by atoms with Crippen LogP contribution in [0.25, 0.3) is 0 Å². The topological polar surface area (TPSA) is 98.1 Å². The Kier molecular flexibility index (Phi) is 6.17. The summed E-state index contributed by atoms with van der Waals surface area (Å²) in [5, 5.41) is 8.00. The van der Waals surface area contributed by atoms with Crippen molar-refractivity contribution in [2.75, 3.05) is 5.75 Å². The molecule has 7 nitrogen and oxygen atoms in total. The van der Waals surface area contributed by atoms with E-state index in [-0.39, 0.29) is 34.2 Å². The van der Waals surface area contributed by atoms with Gasteiger partial charge in [-0.05, 0) is 45.4 Å². The second-order valence-corrected chi connectivity index (χ2v) is 7.42. The predicted molar refractivity (Wildman–Crippen MR) is 105 cm³/mol. The van der Waals surface area contributed by atoms with Gasteiger partial charge in [0.1, 0.15) is 0 Å². The molecule has 0 amide bonds. The second kappa shape index (κ2) is 8.60. The first kappa shape index (κ1) is 20.8. The van der Waals surface area contributed by atoms with E-state index in [9.17, 15) is 14.0 Å². The van der Waals surface area contributed by atoms with Gasteiger partial charge in [0.15, 0.2) is 29.2 Å². The van der Waals surface area contributed by atoms with E-state index in [1.807, 2.05) is 0 Å². The van der Waals surface area contributed by atoms with Crippen LogP contribution in [0.1, 0.15) is 57.9 Å². The van der Waals surface area contributed by atoms with Crippen molar-refractivity contribution in [2.45, 2.75) is 39.0 Å². The molecule has 0 bridgehead atoms. The van der Waals surface area contributed by atoms with Crippen LogP contribution in [0.3, 0.4) is 0 Å². The zero-order valence-corrected chi connectivity index (χ0v) is 17.2. The first-order chi connectivity index (χ1) is 13.8. The molecule has 0 fully saturated rings. The second-order valence-electron chi connectivity index (χ2n) is 6.49. The Hall–Kier alpha value is -2.94. The molecular formula is C20H20FN3O4S. The van der Waals surface area contributed by atoms with Gasteiger partial charge in [-0.15, -0.1) is 10.2 Å². The number of aryl methyl sites for hydroxylation is 1. The molecule has 29 heavy (non-hydrogen) atoms. The number of aromatic nitrogens is 3. The molecule has 1 aromatic carbocycles. The van der Waals surface area contributed by atoms with Crippen LogP contribution in [0.5, 0.6) is 5.75 Å². The fourth-order valence-corrected chi connectivity index (χ4v) is 3.62. The van der Waals surface area contributed by atoms with E-state index in [4.69, 9.17) is 9.15 Å². The molecule has 0 radical (unpaired) electrons. The summed E-state index contributed by atoms with van der Waals surface area (Å²) >= 11 is 1.08. The van der Waals surface area contributed by atoms with E-state index in [0.29, 0.717) is 22.5 Å². The normalized spacial score (nSPS) is 12.0. The summed E-state index contributed by atoms with van der Waals surface area (Å²) in [5.74, 6) is -0.439. The number of hydrogen-bond donors (Lipinski definition) is 1. The minimum atomic E-state index is -0.657. The van der Waals surface area contributed by atoms with Crippen molar-refractivity contribution in [3.8, 4) is 5.75 Å². The first-order valence-electron chi connectivity index (χ1n) is 8.88. The van der Waals surface area contributed by atoms with Crippen LogP contribution in [0.15, 0.2) is 33.9 Å². The molecule has 0 aliphatic heterocycles. The number of nitrogens with zero attached hydrogens (tertiary/aromatic N) is 2. The van der Waals surface area contributed by atoms with E-state index < -0.39 is 11.9 Å². The number of hydrogen-bond acceptors (Lipinski definition) is 7. The smallest absolute Gasteiger partial charge is 0.277 e. The van der Waals surface area contributed by atoms with Gasteiger partial charge in [0.2, 0.25) is 0 Å². The number of nitrogens with one attached hydrogen (secondary N) is 1. The van der Waals surface area contributed by atoms with Crippen molar-refractivity contribution < 1.29 is 23.1 Å². The first-order valence-corrected chi connectivity index (χ1v) is 9.87. The summed E-state index contributed by atoms with van der Waals surface area (Å²) in [7, 11) is 0. The number of benzene rings is 1. The minimum Gasteiger partial charge on any atom is -0.478 e. The number of Topliss-reactive ketones (excluding diaryl/α,β-unsaturated/α-hetero) is 2. The Balaban J connectivity index is 1.63. The third-order valence-corrected chi connectivity index (χ3v) is 5.12. The van der Waals surface area contributed by atoms with E-state index in [0.717, 1.165) is 11.8 Å². The number of rotatable bonds is 8. The van der Waals surface area contributed by atoms with Gasteiger partial charge in [-0.25, -0.2) is 4.39 Å². The standard InChI is InChI=1S/C20H20FN3O4S/c1-10-17(12(3)25)11(2)22-18(10)15(26)9-29-20-24-23-19(28-20)13(4)27-16-8-6-5-7-14(16)21/h5-8,13,22H,9H2,1-4H3/t13-/m0/s1. The Morgan fingerprint density at radius 1 is 1.28 bits per heavy atom. The van der Waals surface area contributed by atoms with Crippen LogP contribution in [0.4, 0.5) is 4.39 Å². The summed E-state index contributed by atoms with van der Waals surface area (Å²) in [6.07, 6.45) is -0.657. The quantitative estimate of drug-likeness (QED) is 0.426. The molecule has 0 aliphatic carbocycles. The summed E-state index contributed by atoms with van der Waals surface area (Å²) in [5.41, 5.74) is 2.25. The monoisotopic (exact) mass is 417 g/mol. The van der Waals surface area contributed by atoms with E-state index in [1.165, 1.54) is 19.1 Å². The Bertz CT molecular complexity index is 1060. The molecule has 152 valence electrons. The van der Waals surface area contributed by atoms with Gasteiger partial charge < -0.3 is 14.1 Å². The lowest BCUT2D eigenvalue weighted by Crippen LogP contribution is -2.05. The Labute approximate surface area is 171 Å². The van der Waals surface area contributed by atoms with Gasteiger partial charge in [-0.1, -0.05) is 23.9 Å². The van der Waals surface area contributed by atoms with Crippen LogP contribution in [0.2, 0.25) is 0 Å². The number of aromatic amines is 1. The highest BCUT2D eigenvalue weighted by atomic mass is 32.2. The van der Waals surface area contributed by atoms with Crippen molar-refractivity contribution >= 4 is 23.3 Å². The maximum atomic E-state index is 13.7. The number of thioether (sulfide) groups is 1. The maximum absolute atomic E-state index is 13.7. The van der Waals surface area contributed by atoms with Gasteiger partial charge in [0.05, 0.1) is 11.4 Å². The average Bonchev–Trinajstić information content (AvgIpc) is 3.26. The van der Waals surface area contributed by atoms with Crippen LogP contribution in [0, 0.1) is 19.7 Å². The van der Waals surface area contributed by atoms with Gasteiger partial charge >= 0.3 is 0 Å². The third kappa shape index (κ3) is 4.56. The molecule has 0 saturated heterocycles. The van der Waals surface area contributed by atoms with Gasteiger partial charge in [0.25, 0.3) is 11.1 Å². The molecule has 0 aliphatic rings. The molecule has 0 unspecified atom stereocenters. The molecule has 3 rings (SSSR count).